The van der Waals surface area contributed by atoms with Gasteiger partial charge in [0.15, 0.2) is 11.5 Å². The van der Waals surface area contributed by atoms with Crippen molar-refractivity contribution >= 4 is 28.6 Å². The first-order chi connectivity index (χ1) is 5.70. The number of rotatable bonds is 2. The molecule has 0 heterocycles. The van der Waals surface area contributed by atoms with Crippen LogP contribution in [0, 0.1) is 0 Å². The molecule has 1 aromatic carbocycles. The van der Waals surface area contributed by atoms with E-state index in [0.29, 0.717) is 11.5 Å². The van der Waals surface area contributed by atoms with E-state index in [1.165, 1.54) is 0 Å². The van der Waals surface area contributed by atoms with Crippen LogP contribution >= 0.6 is 28.6 Å². The van der Waals surface area contributed by atoms with Crippen LogP contribution in [0.5, 0.6) is 11.5 Å². The Kier molecular flexibility index (Phi) is 3.29. The fourth-order valence-corrected chi connectivity index (χ4v) is 1.66. The van der Waals surface area contributed by atoms with Crippen LogP contribution in [0.4, 0.5) is 0 Å². The molecule has 12 heavy (non-hydrogen) atoms. The van der Waals surface area contributed by atoms with E-state index in [0.717, 1.165) is 9.37 Å². The lowest BCUT2D eigenvalue weighted by molar-refractivity contribution is 0.346. The fraction of sp³-hybridized carbons (Fsp3) is 0.250. The lowest BCUT2D eigenvalue weighted by atomic mass is 10.3. The van der Waals surface area contributed by atoms with E-state index in [9.17, 15) is 0 Å². The number of benzene rings is 1. The van der Waals surface area contributed by atoms with Crippen LogP contribution in [-0.2, 0) is 0 Å². The molecule has 0 aliphatic carbocycles. The predicted octanol–water partition coefficient (Wildman–Crippen LogP) is 2.76. The van der Waals surface area contributed by atoms with Crippen LogP contribution in [0.3, 0.4) is 0 Å². The zero-order valence-corrected chi connectivity index (χ0v) is 9.28. The van der Waals surface area contributed by atoms with Gasteiger partial charge in [-0.15, -0.1) is 12.6 Å². The Balaban J connectivity index is 3.28. The first-order valence-electron chi connectivity index (χ1n) is 3.30. The lowest BCUT2D eigenvalue weighted by Crippen LogP contribution is -1.92. The molecule has 0 bridgehead atoms. The molecule has 0 radical (unpaired) electrons. The Labute approximate surface area is 85.4 Å². The van der Waals surface area contributed by atoms with Crippen molar-refractivity contribution in [2.45, 2.75) is 4.90 Å². The molecule has 0 atom stereocenters. The molecule has 0 aliphatic rings. The molecule has 1 aromatic rings. The van der Waals surface area contributed by atoms with Gasteiger partial charge in [-0.1, -0.05) is 0 Å². The van der Waals surface area contributed by atoms with Gasteiger partial charge in [0.2, 0.25) is 0 Å². The minimum Gasteiger partial charge on any atom is -0.492 e. The third-order valence-electron chi connectivity index (χ3n) is 1.45. The summed E-state index contributed by atoms with van der Waals surface area (Å²) in [5, 5.41) is 0. The normalized spacial score (nSPS) is 9.67. The lowest BCUT2D eigenvalue weighted by Gasteiger charge is -2.10. The molecule has 66 valence electrons. The Morgan fingerprint density at radius 1 is 1.17 bits per heavy atom. The smallest absolute Gasteiger partial charge is 0.176 e. The molecule has 1 rings (SSSR count). The number of methoxy groups -OCH3 is 2. The van der Waals surface area contributed by atoms with Gasteiger partial charge in [0.25, 0.3) is 0 Å². The Hall–Kier alpha value is -0.350. The number of ether oxygens (including phenoxy) is 2. The van der Waals surface area contributed by atoms with Gasteiger partial charge in [0.1, 0.15) is 0 Å². The number of halogens is 1. The van der Waals surface area contributed by atoms with Crippen molar-refractivity contribution in [3.63, 3.8) is 0 Å². The molecular formula is C8H9BrO2S. The monoisotopic (exact) mass is 248 g/mol. The van der Waals surface area contributed by atoms with Gasteiger partial charge >= 0.3 is 0 Å². The molecule has 0 N–H and O–H groups in total. The Morgan fingerprint density at radius 3 is 2.17 bits per heavy atom. The van der Waals surface area contributed by atoms with E-state index >= 15 is 0 Å². The molecule has 0 saturated heterocycles. The maximum Gasteiger partial charge on any atom is 0.176 e. The summed E-state index contributed by atoms with van der Waals surface area (Å²) in [5.41, 5.74) is 0. The second kappa shape index (κ2) is 4.05. The van der Waals surface area contributed by atoms with Crippen molar-refractivity contribution < 1.29 is 9.47 Å². The van der Waals surface area contributed by atoms with Gasteiger partial charge in [-0.05, 0) is 28.1 Å². The quantitative estimate of drug-likeness (QED) is 0.812. The summed E-state index contributed by atoms with van der Waals surface area (Å²) in [5.74, 6) is 1.32. The Bertz CT molecular complexity index is 260. The third-order valence-corrected chi connectivity index (χ3v) is 2.43. The van der Waals surface area contributed by atoms with Crippen LogP contribution in [0.2, 0.25) is 0 Å². The van der Waals surface area contributed by atoms with Crippen molar-refractivity contribution in [2.24, 2.45) is 0 Å². The second-order valence-electron chi connectivity index (χ2n) is 2.13. The molecule has 0 saturated carbocycles. The van der Waals surface area contributed by atoms with Gasteiger partial charge in [0, 0.05) is 0 Å². The molecule has 0 aliphatic heterocycles. The molecular weight excluding hydrogens is 240 g/mol. The van der Waals surface area contributed by atoms with Crippen molar-refractivity contribution in [1.82, 2.24) is 0 Å². The standard InChI is InChI=1S/C8H9BrO2S/c1-10-7-5(9)3-4-6(12)8(7)11-2/h3-4,12H,1-2H3. The van der Waals surface area contributed by atoms with Gasteiger partial charge in [-0.25, -0.2) is 0 Å². The van der Waals surface area contributed by atoms with Crippen molar-refractivity contribution in [3.05, 3.63) is 16.6 Å². The summed E-state index contributed by atoms with van der Waals surface area (Å²) in [6.45, 7) is 0. The maximum absolute atomic E-state index is 5.13. The number of thiol groups is 1. The number of hydrogen-bond donors (Lipinski definition) is 1. The SMILES string of the molecule is COc1c(S)ccc(Br)c1OC. The highest BCUT2D eigenvalue weighted by atomic mass is 79.9. The highest BCUT2D eigenvalue weighted by Gasteiger charge is 2.10. The summed E-state index contributed by atoms with van der Waals surface area (Å²) in [6, 6.07) is 3.71. The topological polar surface area (TPSA) is 18.5 Å². The molecule has 0 unspecified atom stereocenters. The average Bonchev–Trinajstić information content (AvgIpc) is 2.08. The van der Waals surface area contributed by atoms with Gasteiger partial charge in [-0.3, -0.25) is 0 Å². The average molecular weight is 249 g/mol. The summed E-state index contributed by atoms with van der Waals surface area (Å²) >= 11 is 7.57. The summed E-state index contributed by atoms with van der Waals surface area (Å²) < 4.78 is 11.1. The van der Waals surface area contributed by atoms with Crippen molar-refractivity contribution in [2.75, 3.05) is 14.2 Å². The van der Waals surface area contributed by atoms with E-state index in [2.05, 4.69) is 28.6 Å². The van der Waals surface area contributed by atoms with Gasteiger partial charge in [0.05, 0.1) is 23.6 Å². The van der Waals surface area contributed by atoms with Crippen LogP contribution < -0.4 is 9.47 Å². The second-order valence-corrected chi connectivity index (χ2v) is 3.47. The minimum absolute atomic E-state index is 0.648. The summed E-state index contributed by atoms with van der Waals surface area (Å²) in [7, 11) is 3.18. The zero-order valence-electron chi connectivity index (χ0n) is 6.80. The summed E-state index contributed by atoms with van der Waals surface area (Å²) in [4.78, 5) is 0.762. The molecule has 2 nitrogen and oxygen atoms in total. The first-order valence-corrected chi connectivity index (χ1v) is 4.54. The highest BCUT2D eigenvalue weighted by molar-refractivity contribution is 9.10. The molecule has 0 amide bonds. The molecule has 0 spiro atoms. The summed E-state index contributed by atoms with van der Waals surface area (Å²) in [6.07, 6.45) is 0. The van der Waals surface area contributed by atoms with E-state index in [4.69, 9.17) is 9.47 Å². The van der Waals surface area contributed by atoms with Crippen LogP contribution in [0.1, 0.15) is 0 Å². The van der Waals surface area contributed by atoms with Crippen LogP contribution in [0.15, 0.2) is 21.5 Å². The zero-order chi connectivity index (χ0) is 9.14. The van der Waals surface area contributed by atoms with Gasteiger partial charge < -0.3 is 9.47 Å². The maximum atomic E-state index is 5.13. The fourth-order valence-electron chi connectivity index (χ4n) is 0.916. The van der Waals surface area contributed by atoms with E-state index in [1.807, 2.05) is 12.1 Å². The largest absolute Gasteiger partial charge is 0.492 e. The van der Waals surface area contributed by atoms with Crippen molar-refractivity contribution in [1.29, 1.82) is 0 Å². The highest BCUT2D eigenvalue weighted by Crippen LogP contribution is 2.39. The van der Waals surface area contributed by atoms with Crippen molar-refractivity contribution in [3.8, 4) is 11.5 Å². The van der Waals surface area contributed by atoms with Crippen LogP contribution in [-0.4, -0.2) is 14.2 Å². The molecule has 4 heteroatoms. The van der Waals surface area contributed by atoms with E-state index in [-0.39, 0.29) is 0 Å². The van der Waals surface area contributed by atoms with Crippen LogP contribution in [0.25, 0.3) is 0 Å². The first kappa shape index (κ1) is 9.74. The molecule has 0 fully saturated rings. The third kappa shape index (κ3) is 1.69. The van der Waals surface area contributed by atoms with E-state index in [1.54, 1.807) is 14.2 Å². The molecule has 0 aromatic heterocycles. The Morgan fingerprint density at radius 2 is 1.75 bits per heavy atom. The number of hydrogen-bond acceptors (Lipinski definition) is 3. The van der Waals surface area contributed by atoms with Gasteiger partial charge in [-0.2, -0.15) is 0 Å². The minimum atomic E-state index is 0.648. The predicted molar refractivity (Wildman–Crippen MR) is 54.5 cm³/mol. The van der Waals surface area contributed by atoms with E-state index < -0.39 is 0 Å².